The second-order valence-electron chi connectivity index (χ2n) is 6.18. The van der Waals surface area contributed by atoms with E-state index in [4.69, 9.17) is 5.26 Å². The zero-order valence-electron chi connectivity index (χ0n) is 13.9. The molecule has 0 aliphatic carbocycles. The number of nitrogens with zero attached hydrogens (tertiary/aromatic N) is 2. The first-order chi connectivity index (χ1) is 12.4. The Bertz CT molecular complexity index is 957. The smallest absolute Gasteiger partial charge is 0.253 e. The van der Waals surface area contributed by atoms with E-state index >= 15 is 0 Å². The van der Waals surface area contributed by atoms with Gasteiger partial charge in [0.1, 0.15) is 5.82 Å². The van der Waals surface area contributed by atoms with Crippen molar-refractivity contribution in [3.8, 4) is 6.07 Å². The maximum atomic E-state index is 13.0. The Kier molecular flexibility index (Phi) is 5.05. The molecule has 5 nitrogen and oxygen atoms in total. The highest BCUT2D eigenvalue weighted by molar-refractivity contribution is 7.92. The normalized spacial score (nSPS) is 15.5. The number of halogens is 1. The van der Waals surface area contributed by atoms with Crippen molar-refractivity contribution in [2.24, 2.45) is 0 Å². The molecule has 2 aromatic carbocycles. The monoisotopic (exact) mass is 372 g/mol. The van der Waals surface area contributed by atoms with Crippen LogP contribution in [0.1, 0.15) is 28.8 Å². The number of benzene rings is 2. The molecule has 0 spiro atoms. The van der Waals surface area contributed by atoms with Crippen molar-refractivity contribution in [3.63, 3.8) is 0 Å². The minimum atomic E-state index is -3.55. The molecule has 0 atom stereocenters. The number of hydrogen-bond donors (Lipinski definition) is 0. The molecule has 7 heteroatoms. The van der Waals surface area contributed by atoms with E-state index < -0.39 is 20.9 Å². The molecule has 1 fully saturated rings. The number of carbonyl (C=O) groups is 1. The molecule has 0 N–H and O–H groups in total. The van der Waals surface area contributed by atoms with Crippen LogP contribution in [0.15, 0.2) is 53.4 Å². The number of nitriles is 1. The van der Waals surface area contributed by atoms with Crippen LogP contribution in [0.3, 0.4) is 0 Å². The van der Waals surface area contributed by atoms with Crippen LogP contribution < -0.4 is 0 Å². The molecule has 1 aliphatic heterocycles. The maximum absolute atomic E-state index is 13.0. The van der Waals surface area contributed by atoms with Crippen LogP contribution in [0.2, 0.25) is 0 Å². The first-order valence-electron chi connectivity index (χ1n) is 8.21. The predicted octanol–water partition coefficient (Wildman–Crippen LogP) is 2.78. The average molecular weight is 372 g/mol. The zero-order valence-corrected chi connectivity index (χ0v) is 14.7. The summed E-state index contributed by atoms with van der Waals surface area (Å²) in [5.41, 5.74) is 0.827. The molecular weight excluding hydrogens is 355 g/mol. The lowest BCUT2D eigenvalue weighted by atomic mass is 10.1. The molecule has 0 radical (unpaired) electrons. The van der Waals surface area contributed by atoms with Crippen LogP contribution in [0.5, 0.6) is 0 Å². The first-order valence-corrected chi connectivity index (χ1v) is 9.75. The number of piperidine rings is 1. The van der Waals surface area contributed by atoms with Crippen LogP contribution in [0, 0.1) is 17.1 Å². The van der Waals surface area contributed by atoms with E-state index in [1.807, 2.05) is 6.07 Å². The number of likely N-dealkylation sites (tertiary alicyclic amines) is 1. The van der Waals surface area contributed by atoms with Gasteiger partial charge in [-0.05, 0) is 55.3 Å². The molecule has 0 unspecified atom stereocenters. The van der Waals surface area contributed by atoms with Crippen LogP contribution in [0.4, 0.5) is 4.39 Å². The fraction of sp³-hybridized carbons (Fsp3) is 0.263. The van der Waals surface area contributed by atoms with Gasteiger partial charge < -0.3 is 4.90 Å². The summed E-state index contributed by atoms with van der Waals surface area (Å²) in [7, 11) is -3.55. The van der Waals surface area contributed by atoms with Crippen molar-refractivity contribution >= 4 is 15.7 Å². The number of hydrogen-bond acceptors (Lipinski definition) is 4. The van der Waals surface area contributed by atoms with Gasteiger partial charge in [0.2, 0.25) is 0 Å². The molecule has 0 bridgehead atoms. The Hall–Kier alpha value is -2.72. The molecule has 1 aliphatic rings. The lowest BCUT2D eigenvalue weighted by molar-refractivity contribution is 0.0725. The van der Waals surface area contributed by atoms with Gasteiger partial charge in [-0.2, -0.15) is 5.26 Å². The first kappa shape index (κ1) is 18.1. The third kappa shape index (κ3) is 3.60. The molecule has 1 heterocycles. The Balaban J connectivity index is 1.69. The van der Waals surface area contributed by atoms with E-state index in [1.54, 1.807) is 23.1 Å². The minimum absolute atomic E-state index is 0.102. The molecule has 0 saturated carbocycles. The van der Waals surface area contributed by atoms with Gasteiger partial charge in [-0.15, -0.1) is 0 Å². The second kappa shape index (κ2) is 7.26. The summed E-state index contributed by atoms with van der Waals surface area (Å²) in [6.07, 6.45) is 0.646. The largest absolute Gasteiger partial charge is 0.339 e. The standard InChI is InChI=1S/C19H17FN2O3S/c20-16-4-6-17(7-5-16)26(24,25)18-8-10-22(11-9-18)19(23)15-3-1-2-14(12-15)13-21/h1-7,12,18H,8-11H2. The lowest BCUT2D eigenvalue weighted by Gasteiger charge is -2.31. The van der Waals surface area contributed by atoms with E-state index in [1.165, 1.54) is 18.2 Å². The van der Waals surface area contributed by atoms with E-state index in [-0.39, 0.29) is 10.8 Å². The Labute approximate surface area is 151 Å². The van der Waals surface area contributed by atoms with Crippen LogP contribution >= 0.6 is 0 Å². The summed E-state index contributed by atoms with van der Waals surface area (Å²) in [4.78, 5) is 14.3. The van der Waals surface area contributed by atoms with Crippen molar-refractivity contribution in [2.75, 3.05) is 13.1 Å². The van der Waals surface area contributed by atoms with Crippen molar-refractivity contribution < 1.29 is 17.6 Å². The zero-order chi connectivity index (χ0) is 18.7. The number of carbonyl (C=O) groups excluding carboxylic acids is 1. The highest BCUT2D eigenvalue weighted by Crippen LogP contribution is 2.25. The Morgan fingerprint density at radius 1 is 1.12 bits per heavy atom. The summed E-state index contributed by atoms with van der Waals surface area (Å²) in [5, 5.41) is 8.34. The van der Waals surface area contributed by atoms with Gasteiger partial charge in [-0.1, -0.05) is 6.07 Å². The fourth-order valence-corrected chi connectivity index (χ4v) is 4.82. The third-order valence-corrected chi connectivity index (χ3v) is 6.83. The fourth-order valence-electron chi connectivity index (χ4n) is 3.09. The molecule has 2 aromatic rings. The minimum Gasteiger partial charge on any atom is -0.339 e. The molecule has 0 aromatic heterocycles. The van der Waals surface area contributed by atoms with Crippen molar-refractivity contribution in [3.05, 3.63) is 65.5 Å². The second-order valence-corrected chi connectivity index (χ2v) is 8.41. The van der Waals surface area contributed by atoms with Gasteiger partial charge in [0.15, 0.2) is 9.84 Å². The number of amides is 1. The number of rotatable bonds is 3. The van der Waals surface area contributed by atoms with Gasteiger partial charge in [-0.3, -0.25) is 4.79 Å². The molecular formula is C19H17FN2O3S. The van der Waals surface area contributed by atoms with Gasteiger partial charge in [0.25, 0.3) is 5.91 Å². The molecule has 1 amide bonds. The Morgan fingerprint density at radius 3 is 2.38 bits per heavy atom. The Morgan fingerprint density at radius 2 is 1.77 bits per heavy atom. The van der Waals surface area contributed by atoms with E-state index in [0.717, 1.165) is 12.1 Å². The van der Waals surface area contributed by atoms with Crippen LogP contribution in [0.25, 0.3) is 0 Å². The van der Waals surface area contributed by atoms with Crippen LogP contribution in [-0.2, 0) is 9.84 Å². The van der Waals surface area contributed by atoms with Gasteiger partial charge in [-0.25, -0.2) is 12.8 Å². The van der Waals surface area contributed by atoms with Crippen molar-refractivity contribution in [2.45, 2.75) is 23.0 Å². The molecule has 3 rings (SSSR count). The van der Waals surface area contributed by atoms with E-state index in [0.29, 0.717) is 37.1 Å². The molecule has 26 heavy (non-hydrogen) atoms. The third-order valence-electron chi connectivity index (χ3n) is 4.55. The summed E-state index contributed by atoms with van der Waals surface area (Å²) in [5.74, 6) is -0.691. The highest BCUT2D eigenvalue weighted by Gasteiger charge is 2.33. The molecule has 1 saturated heterocycles. The maximum Gasteiger partial charge on any atom is 0.253 e. The predicted molar refractivity (Wildman–Crippen MR) is 93.7 cm³/mol. The van der Waals surface area contributed by atoms with Gasteiger partial charge in [0, 0.05) is 18.7 Å². The quantitative estimate of drug-likeness (QED) is 0.776. The highest BCUT2D eigenvalue weighted by atomic mass is 32.2. The lowest BCUT2D eigenvalue weighted by Crippen LogP contribution is -2.42. The van der Waals surface area contributed by atoms with E-state index in [9.17, 15) is 17.6 Å². The average Bonchev–Trinajstić information content (AvgIpc) is 2.68. The molecule has 134 valence electrons. The summed E-state index contributed by atoms with van der Waals surface area (Å²) >= 11 is 0. The summed E-state index contributed by atoms with van der Waals surface area (Å²) in [6, 6.07) is 13.3. The summed E-state index contributed by atoms with van der Waals surface area (Å²) in [6.45, 7) is 0.640. The number of sulfone groups is 1. The summed E-state index contributed by atoms with van der Waals surface area (Å²) < 4.78 is 38.3. The van der Waals surface area contributed by atoms with E-state index in [2.05, 4.69) is 0 Å². The SMILES string of the molecule is N#Cc1cccc(C(=O)N2CCC(S(=O)(=O)c3ccc(F)cc3)CC2)c1. The van der Waals surface area contributed by atoms with Gasteiger partial charge >= 0.3 is 0 Å². The van der Waals surface area contributed by atoms with Crippen molar-refractivity contribution in [1.82, 2.24) is 4.90 Å². The van der Waals surface area contributed by atoms with Crippen molar-refractivity contribution in [1.29, 1.82) is 5.26 Å². The topological polar surface area (TPSA) is 78.2 Å². The van der Waals surface area contributed by atoms with Gasteiger partial charge in [0.05, 0.1) is 21.8 Å². The van der Waals surface area contributed by atoms with Crippen LogP contribution in [-0.4, -0.2) is 37.6 Å².